The van der Waals surface area contributed by atoms with Gasteiger partial charge in [0.1, 0.15) is 11.1 Å². The zero-order valence-electron chi connectivity index (χ0n) is 13.0. The minimum absolute atomic E-state index is 0.135. The molecule has 114 valence electrons. The molecule has 1 aliphatic rings. The summed E-state index contributed by atoms with van der Waals surface area (Å²) < 4.78 is 2.17. The average molecular weight is 312 g/mol. The molecule has 0 N–H and O–H groups in total. The van der Waals surface area contributed by atoms with E-state index in [0.717, 1.165) is 23.9 Å². The number of rotatable bonds is 6. The van der Waals surface area contributed by atoms with Crippen molar-refractivity contribution < 1.29 is 0 Å². The minimum Gasteiger partial charge on any atom is -0.306 e. The Bertz CT molecular complexity index is 680. The van der Waals surface area contributed by atoms with Gasteiger partial charge in [-0.15, -0.1) is 10.2 Å². The maximum Gasteiger partial charge on any atom is 0.192 e. The van der Waals surface area contributed by atoms with Gasteiger partial charge in [-0.1, -0.05) is 41.6 Å². The number of benzene rings is 1. The summed E-state index contributed by atoms with van der Waals surface area (Å²) >= 11 is 1.53. The molecular weight excluding hydrogens is 292 g/mol. The maximum atomic E-state index is 9.47. The summed E-state index contributed by atoms with van der Waals surface area (Å²) in [6.45, 7) is 5.05. The maximum absolute atomic E-state index is 9.47. The minimum atomic E-state index is -0.135. The van der Waals surface area contributed by atoms with E-state index in [1.807, 2.05) is 0 Å². The van der Waals surface area contributed by atoms with E-state index in [0.29, 0.717) is 5.92 Å². The van der Waals surface area contributed by atoms with Crippen molar-refractivity contribution in [2.24, 2.45) is 0 Å². The summed E-state index contributed by atoms with van der Waals surface area (Å²) in [6.07, 6.45) is 3.17. The van der Waals surface area contributed by atoms with Crippen LogP contribution in [0.4, 0.5) is 0 Å². The van der Waals surface area contributed by atoms with Gasteiger partial charge in [0.05, 0.1) is 6.07 Å². The lowest BCUT2D eigenvalue weighted by Gasteiger charge is -2.10. The van der Waals surface area contributed by atoms with E-state index >= 15 is 0 Å². The predicted octanol–water partition coefficient (Wildman–Crippen LogP) is 3.71. The van der Waals surface area contributed by atoms with Crippen LogP contribution in [0.5, 0.6) is 0 Å². The molecule has 0 aliphatic heterocycles. The Morgan fingerprint density at radius 3 is 2.64 bits per heavy atom. The zero-order chi connectivity index (χ0) is 15.5. The van der Waals surface area contributed by atoms with Gasteiger partial charge in [0.25, 0.3) is 0 Å². The second kappa shape index (κ2) is 6.53. The second-order valence-electron chi connectivity index (χ2n) is 5.78. The average Bonchev–Trinajstić information content (AvgIpc) is 3.30. The van der Waals surface area contributed by atoms with Crippen molar-refractivity contribution in [2.45, 2.75) is 56.0 Å². The molecule has 1 saturated carbocycles. The van der Waals surface area contributed by atoms with Crippen LogP contribution in [0.25, 0.3) is 0 Å². The normalized spacial score (nSPS) is 15.5. The van der Waals surface area contributed by atoms with Crippen molar-refractivity contribution in [1.82, 2.24) is 14.8 Å². The second-order valence-corrected chi connectivity index (χ2v) is 6.95. The molecule has 0 spiro atoms. The van der Waals surface area contributed by atoms with Crippen LogP contribution in [0, 0.1) is 18.3 Å². The van der Waals surface area contributed by atoms with Crippen LogP contribution in [-0.4, -0.2) is 20.0 Å². The first-order valence-corrected chi connectivity index (χ1v) is 8.64. The zero-order valence-corrected chi connectivity index (χ0v) is 13.8. The Labute approximate surface area is 135 Å². The fourth-order valence-electron chi connectivity index (χ4n) is 2.51. The van der Waals surface area contributed by atoms with Gasteiger partial charge in [-0.25, -0.2) is 0 Å². The molecule has 0 unspecified atom stereocenters. The van der Waals surface area contributed by atoms with Gasteiger partial charge in [-0.2, -0.15) is 5.26 Å². The molecule has 1 atom stereocenters. The summed E-state index contributed by atoms with van der Waals surface area (Å²) in [6, 6.07) is 10.8. The highest BCUT2D eigenvalue weighted by Gasteiger charge is 2.30. The summed E-state index contributed by atoms with van der Waals surface area (Å²) in [5, 5.41) is 18.9. The molecule has 1 aromatic heterocycles. The topological polar surface area (TPSA) is 54.5 Å². The number of aryl methyl sites for hydroxylation is 1. The van der Waals surface area contributed by atoms with Crippen molar-refractivity contribution in [1.29, 1.82) is 5.26 Å². The lowest BCUT2D eigenvalue weighted by molar-refractivity contribution is 0.643. The quantitative estimate of drug-likeness (QED) is 0.763. The Morgan fingerprint density at radius 2 is 2.05 bits per heavy atom. The largest absolute Gasteiger partial charge is 0.306 e. The van der Waals surface area contributed by atoms with E-state index in [1.165, 1.54) is 35.7 Å². The summed E-state index contributed by atoms with van der Waals surface area (Å²) in [4.78, 5) is 0. The predicted molar refractivity (Wildman–Crippen MR) is 87.8 cm³/mol. The first-order valence-electron chi connectivity index (χ1n) is 7.76. The van der Waals surface area contributed by atoms with E-state index in [9.17, 15) is 5.26 Å². The van der Waals surface area contributed by atoms with E-state index in [2.05, 4.69) is 58.9 Å². The smallest absolute Gasteiger partial charge is 0.192 e. The SMILES string of the molecule is CCn1c(S[C@@H](C#N)Cc2ccc(C)cc2)nnc1C1CC1. The number of thioether (sulfide) groups is 1. The van der Waals surface area contributed by atoms with Crippen LogP contribution in [-0.2, 0) is 13.0 Å². The van der Waals surface area contributed by atoms with Gasteiger partial charge in [0.2, 0.25) is 0 Å². The molecule has 0 radical (unpaired) electrons. The van der Waals surface area contributed by atoms with E-state index in [1.54, 1.807) is 0 Å². The van der Waals surface area contributed by atoms with Crippen LogP contribution in [0.3, 0.4) is 0 Å². The molecule has 1 fully saturated rings. The van der Waals surface area contributed by atoms with Crippen molar-refractivity contribution in [3.8, 4) is 6.07 Å². The fraction of sp³-hybridized carbons (Fsp3) is 0.471. The molecule has 1 heterocycles. The molecule has 4 nitrogen and oxygen atoms in total. The Hall–Kier alpha value is -1.80. The van der Waals surface area contributed by atoms with Crippen LogP contribution in [0.1, 0.15) is 42.6 Å². The monoisotopic (exact) mass is 312 g/mol. The van der Waals surface area contributed by atoms with Crippen molar-refractivity contribution in [3.63, 3.8) is 0 Å². The van der Waals surface area contributed by atoms with Crippen LogP contribution < -0.4 is 0 Å². The van der Waals surface area contributed by atoms with Crippen molar-refractivity contribution >= 4 is 11.8 Å². The lowest BCUT2D eigenvalue weighted by Crippen LogP contribution is -2.08. The summed E-state index contributed by atoms with van der Waals surface area (Å²) in [7, 11) is 0. The first kappa shape index (κ1) is 15.1. The molecule has 2 aromatic rings. The van der Waals surface area contributed by atoms with E-state index in [-0.39, 0.29) is 5.25 Å². The molecule has 1 aliphatic carbocycles. The molecule has 0 bridgehead atoms. The number of nitrogens with zero attached hydrogens (tertiary/aromatic N) is 4. The number of aromatic nitrogens is 3. The lowest BCUT2D eigenvalue weighted by atomic mass is 10.1. The van der Waals surface area contributed by atoms with E-state index in [4.69, 9.17) is 0 Å². The third-order valence-corrected chi connectivity index (χ3v) is 5.01. The van der Waals surface area contributed by atoms with Crippen molar-refractivity contribution in [2.75, 3.05) is 0 Å². The summed E-state index contributed by atoms with van der Waals surface area (Å²) in [5.74, 6) is 1.68. The molecule has 0 amide bonds. The van der Waals surface area contributed by atoms with Gasteiger partial charge in [-0.3, -0.25) is 0 Å². The highest BCUT2D eigenvalue weighted by atomic mass is 32.2. The van der Waals surface area contributed by atoms with Gasteiger partial charge >= 0.3 is 0 Å². The standard InChI is InChI=1S/C17H20N4S/c1-3-21-16(14-8-9-14)19-20-17(21)22-15(11-18)10-13-6-4-12(2)5-7-13/h4-7,14-15H,3,8-10H2,1-2H3/t15-/m1/s1. The van der Waals surface area contributed by atoms with Crippen LogP contribution >= 0.6 is 11.8 Å². The Balaban J connectivity index is 1.72. The highest BCUT2D eigenvalue weighted by Crippen LogP contribution is 2.40. The van der Waals surface area contributed by atoms with Crippen molar-refractivity contribution in [3.05, 3.63) is 41.2 Å². The van der Waals surface area contributed by atoms with Gasteiger partial charge in [0.15, 0.2) is 5.16 Å². The molecule has 0 saturated heterocycles. The number of hydrogen-bond donors (Lipinski definition) is 0. The number of hydrogen-bond acceptors (Lipinski definition) is 4. The Kier molecular flexibility index (Phi) is 4.49. The molecule has 1 aromatic carbocycles. The number of nitriles is 1. The van der Waals surface area contributed by atoms with Crippen LogP contribution in [0.15, 0.2) is 29.4 Å². The molecule has 22 heavy (non-hydrogen) atoms. The van der Waals surface area contributed by atoms with Gasteiger partial charge in [-0.05, 0) is 38.7 Å². The Morgan fingerprint density at radius 1 is 1.32 bits per heavy atom. The molecule has 5 heteroatoms. The first-order chi connectivity index (χ1) is 10.7. The summed E-state index contributed by atoms with van der Waals surface area (Å²) in [5.41, 5.74) is 2.43. The van der Waals surface area contributed by atoms with E-state index < -0.39 is 0 Å². The van der Waals surface area contributed by atoms with Crippen LogP contribution in [0.2, 0.25) is 0 Å². The molecular formula is C17H20N4S. The fourth-order valence-corrected chi connectivity index (χ4v) is 3.53. The van der Waals surface area contributed by atoms with Gasteiger partial charge < -0.3 is 4.57 Å². The highest BCUT2D eigenvalue weighted by molar-refractivity contribution is 8.00. The third-order valence-electron chi connectivity index (χ3n) is 3.94. The third kappa shape index (κ3) is 3.33. The molecule has 3 rings (SSSR count). The van der Waals surface area contributed by atoms with Gasteiger partial charge in [0, 0.05) is 12.5 Å².